The largest absolute Gasteiger partial charge is 0.411 e. The Hall–Kier alpha value is -1.05. The van der Waals surface area contributed by atoms with Gasteiger partial charge in [-0.2, -0.15) is 0 Å². The first-order chi connectivity index (χ1) is 5.55. The predicted octanol–water partition coefficient (Wildman–Crippen LogP) is 2.75. The van der Waals surface area contributed by atoms with Gasteiger partial charge in [-0.25, -0.2) is 0 Å². The van der Waals surface area contributed by atoms with Crippen LogP contribution in [0.3, 0.4) is 0 Å². The molecule has 0 bridgehead atoms. The number of oxime groups is 1. The quantitative estimate of drug-likeness (QED) is 0.434. The lowest BCUT2D eigenvalue weighted by Gasteiger charge is -2.18. The van der Waals surface area contributed by atoms with Crippen LogP contribution < -0.4 is 0 Å². The highest BCUT2D eigenvalue weighted by molar-refractivity contribution is 6.00. The topological polar surface area (TPSA) is 32.6 Å². The first kappa shape index (κ1) is 9.04. The van der Waals surface area contributed by atoms with Gasteiger partial charge >= 0.3 is 0 Å². The van der Waals surface area contributed by atoms with E-state index in [1.165, 1.54) is 0 Å². The second kappa shape index (κ2) is 3.13. The second-order valence-electron chi connectivity index (χ2n) is 3.92. The molecule has 0 aromatic heterocycles. The summed E-state index contributed by atoms with van der Waals surface area (Å²) in [4.78, 5) is 0. The Balaban J connectivity index is 2.95. The first-order valence-corrected chi connectivity index (χ1v) is 4.12. The van der Waals surface area contributed by atoms with E-state index >= 15 is 0 Å². The molecule has 0 atom stereocenters. The van der Waals surface area contributed by atoms with Crippen molar-refractivity contribution in [2.45, 2.75) is 27.2 Å². The van der Waals surface area contributed by atoms with E-state index in [-0.39, 0.29) is 5.41 Å². The van der Waals surface area contributed by atoms with Gasteiger partial charge in [-0.05, 0) is 17.9 Å². The Kier molecular flexibility index (Phi) is 2.36. The van der Waals surface area contributed by atoms with E-state index in [4.69, 9.17) is 5.21 Å². The lowest BCUT2D eigenvalue weighted by atomic mass is 9.87. The average Bonchev–Trinajstić information content (AvgIpc) is 2.10. The van der Waals surface area contributed by atoms with Crippen LogP contribution in [-0.2, 0) is 0 Å². The molecule has 2 nitrogen and oxygen atoms in total. The van der Waals surface area contributed by atoms with Crippen molar-refractivity contribution in [3.8, 4) is 0 Å². The van der Waals surface area contributed by atoms with E-state index < -0.39 is 0 Å². The number of rotatable bonds is 0. The Morgan fingerprint density at radius 3 is 2.75 bits per heavy atom. The minimum atomic E-state index is 0.0931. The van der Waals surface area contributed by atoms with Crippen LogP contribution in [0.2, 0.25) is 0 Å². The maximum absolute atomic E-state index is 8.74. The molecule has 66 valence electrons. The van der Waals surface area contributed by atoms with Gasteiger partial charge in [0.1, 0.15) is 0 Å². The number of nitrogens with zero attached hydrogens (tertiary/aromatic N) is 1. The highest BCUT2D eigenvalue weighted by atomic mass is 16.4. The Bertz CT molecular complexity index is 259. The molecule has 0 fully saturated rings. The molecule has 0 amide bonds. The SMILES string of the molecule is CC1=CC=CC(C)(C)CC1=NO. The predicted molar refractivity (Wildman–Crippen MR) is 50.5 cm³/mol. The van der Waals surface area contributed by atoms with Gasteiger partial charge in [0, 0.05) is 6.42 Å². The molecule has 0 radical (unpaired) electrons. The van der Waals surface area contributed by atoms with Crippen molar-refractivity contribution >= 4 is 5.71 Å². The number of allylic oxidation sites excluding steroid dienone is 4. The molecule has 1 aliphatic rings. The fourth-order valence-corrected chi connectivity index (χ4v) is 1.29. The molecule has 0 aliphatic heterocycles. The number of hydrogen-bond acceptors (Lipinski definition) is 2. The Morgan fingerprint density at radius 1 is 1.50 bits per heavy atom. The molecule has 0 unspecified atom stereocenters. The van der Waals surface area contributed by atoms with Crippen molar-refractivity contribution in [3.05, 3.63) is 23.8 Å². The Morgan fingerprint density at radius 2 is 2.17 bits per heavy atom. The lowest BCUT2D eigenvalue weighted by Crippen LogP contribution is -2.13. The van der Waals surface area contributed by atoms with Gasteiger partial charge in [-0.15, -0.1) is 0 Å². The van der Waals surface area contributed by atoms with Crippen LogP contribution in [0.4, 0.5) is 0 Å². The van der Waals surface area contributed by atoms with Crippen LogP contribution in [0.15, 0.2) is 29.0 Å². The molecule has 0 aromatic carbocycles. The van der Waals surface area contributed by atoms with Crippen LogP contribution in [-0.4, -0.2) is 10.9 Å². The van der Waals surface area contributed by atoms with Crippen molar-refractivity contribution in [2.24, 2.45) is 10.6 Å². The highest BCUT2D eigenvalue weighted by Gasteiger charge is 2.20. The van der Waals surface area contributed by atoms with E-state index in [1.807, 2.05) is 19.1 Å². The van der Waals surface area contributed by atoms with Crippen molar-refractivity contribution in [1.29, 1.82) is 0 Å². The van der Waals surface area contributed by atoms with Crippen LogP contribution in [0.25, 0.3) is 0 Å². The molecule has 1 aliphatic carbocycles. The molecule has 0 aromatic rings. The minimum absolute atomic E-state index is 0.0931. The Labute approximate surface area is 73.3 Å². The molecular formula is C10H15NO. The first-order valence-electron chi connectivity index (χ1n) is 4.12. The van der Waals surface area contributed by atoms with Crippen molar-refractivity contribution in [1.82, 2.24) is 0 Å². The van der Waals surface area contributed by atoms with Gasteiger partial charge in [0.05, 0.1) is 5.71 Å². The van der Waals surface area contributed by atoms with Gasteiger partial charge in [0.25, 0.3) is 0 Å². The third-order valence-electron chi connectivity index (χ3n) is 2.09. The summed E-state index contributed by atoms with van der Waals surface area (Å²) >= 11 is 0. The van der Waals surface area contributed by atoms with Gasteiger partial charge in [-0.3, -0.25) is 0 Å². The molecular weight excluding hydrogens is 150 g/mol. The molecule has 0 saturated heterocycles. The van der Waals surface area contributed by atoms with Gasteiger partial charge < -0.3 is 5.21 Å². The molecule has 0 saturated carbocycles. The number of hydrogen-bond donors (Lipinski definition) is 1. The maximum atomic E-state index is 8.74. The summed E-state index contributed by atoms with van der Waals surface area (Å²) in [6, 6.07) is 0. The zero-order valence-corrected chi connectivity index (χ0v) is 7.83. The summed E-state index contributed by atoms with van der Waals surface area (Å²) in [5.41, 5.74) is 1.92. The smallest absolute Gasteiger partial charge is 0.0833 e. The summed E-state index contributed by atoms with van der Waals surface area (Å²) in [7, 11) is 0. The third kappa shape index (κ3) is 1.97. The monoisotopic (exact) mass is 165 g/mol. The lowest BCUT2D eigenvalue weighted by molar-refractivity contribution is 0.315. The van der Waals surface area contributed by atoms with E-state index in [1.54, 1.807) is 0 Å². The fraction of sp³-hybridized carbons (Fsp3) is 0.500. The molecule has 0 heterocycles. The summed E-state index contributed by atoms with van der Waals surface area (Å²) in [5, 5.41) is 12.0. The van der Waals surface area contributed by atoms with Crippen molar-refractivity contribution in [2.75, 3.05) is 0 Å². The van der Waals surface area contributed by atoms with E-state index in [9.17, 15) is 0 Å². The van der Waals surface area contributed by atoms with Crippen LogP contribution in [0, 0.1) is 5.41 Å². The minimum Gasteiger partial charge on any atom is -0.411 e. The molecule has 0 spiro atoms. The van der Waals surface area contributed by atoms with Crippen LogP contribution in [0.5, 0.6) is 0 Å². The van der Waals surface area contributed by atoms with E-state index in [0.717, 1.165) is 17.7 Å². The zero-order chi connectivity index (χ0) is 9.19. The summed E-state index contributed by atoms with van der Waals surface area (Å²) in [6.07, 6.45) is 6.92. The van der Waals surface area contributed by atoms with E-state index in [0.29, 0.717) is 0 Å². The molecule has 2 heteroatoms. The molecule has 1 N–H and O–H groups in total. The fourth-order valence-electron chi connectivity index (χ4n) is 1.29. The third-order valence-corrected chi connectivity index (χ3v) is 2.09. The summed E-state index contributed by atoms with van der Waals surface area (Å²) in [5.74, 6) is 0. The van der Waals surface area contributed by atoms with Gasteiger partial charge in [0.15, 0.2) is 0 Å². The highest BCUT2D eigenvalue weighted by Crippen LogP contribution is 2.27. The summed E-state index contributed by atoms with van der Waals surface area (Å²) < 4.78 is 0. The summed E-state index contributed by atoms with van der Waals surface area (Å²) in [6.45, 7) is 6.21. The van der Waals surface area contributed by atoms with Crippen LogP contribution in [0.1, 0.15) is 27.2 Å². The average molecular weight is 165 g/mol. The maximum Gasteiger partial charge on any atom is 0.0833 e. The molecule has 1 rings (SSSR count). The van der Waals surface area contributed by atoms with Crippen molar-refractivity contribution < 1.29 is 5.21 Å². The van der Waals surface area contributed by atoms with Crippen LogP contribution >= 0.6 is 0 Å². The van der Waals surface area contributed by atoms with Gasteiger partial charge in [-0.1, -0.05) is 37.2 Å². The van der Waals surface area contributed by atoms with E-state index in [2.05, 4.69) is 25.1 Å². The second-order valence-corrected chi connectivity index (χ2v) is 3.92. The molecule has 12 heavy (non-hydrogen) atoms. The normalized spacial score (nSPS) is 25.2. The van der Waals surface area contributed by atoms with Gasteiger partial charge in [0.2, 0.25) is 0 Å². The van der Waals surface area contributed by atoms with Crippen molar-refractivity contribution in [3.63, 3.8) is 0 Å². The standard InChI is InChI=1S/C10H15NO/c1-8-5-4-6-10(2,3)7-9(8)11-12/h4-6,12H,7H2,1-3H3. The zero-order valence-electron chi connectivity index (χ0n) is 7.83.